The van der Waals surface area contributed by atoms with Crippen LogP contribution in [0.4, 0.5) is 17.6 Å². The van der Waals surface area contributed by atoms with Crippen LogP contribution in [0, 0.1) is 23.3 Å². The van der Waals surface area contributed by atoms with E-state index < -0.39 is 23.3 Å². The van der Waals surface area contributed by atoms with E-state index in [2.05, 4.69) is 41.8 Å². The van der Waals surface area contributed by atoms with Crippen LogP contribution >= 0.6 is 31.9 Å². The molecule has 0 spiro atoms. The van der Waals surface area contributed by atoms with Crippen LogP contribution in [0.1, 0.15) is 36.1 Å². The van der Waals surface area contributed by atoms with Crippen LogP contribution in [0.2, 0.25) is 0 Å². The summed E-state index contributed by atoms with van der Waals surface area (Å²) in [5, 5.41) is 0. The van der Waals surface area contributed by atoms with Crippen molar-refractivity contribution in [2.75, 3.05) is 0 Å². The molecule has 0 saturated carbocycles. The van der Waals surface area contributed by atoms with Crippen LogP contribution in [-0.4, -0.2) is 9.97 Å². The van der Waals surface area contributed by atoms with Crippen molar-refractivity contribution in [2.45, 2.75) is 13.8 Å². The summed E-state index contributed by atoms with van der Waals surface area (Å²) < 4.78 is 55.0. The maximum absolute atomic E-state index is 13.6. The van der Waals surface area contributed by atoms with Gasteiger partial charge in [-0.3, -0.25) is 9.97 Å². The molecule has 0 atom stereocenters. The smallest absolute Gasteiger partial charge is 0.130 e. The second-order valence-corrected chi connectivity index (χ2v) is 9.61. The number of allylic oxidation sites excluding steroid dienone is 2. The number of hydrogen-bond acceptors (Lipinski definition) is 2. The Hall–Kier alpha value is -3.10. The SMILES string of the molecule is C/C(=C/c1cncc(Br)c1)c1cc(F)ccc1F.C/C(=C\c1cncc(Br)c1)c1cc(F)ccc1F. The van der Waals surface area contributed by atoms with E-state index in [1.807, 2.05) is 12.1 Å². The maximum Gasteiger partial charge on any atom is 0.130 e. The molecule has 0 aliphatic rings. The second-order valence-electron chi connectivity index (χ2n) is 7.78. The Kier molecular flexibility index (Phi) is 9.73. The van der Waals surface area contributed by atoms with Gasteiger partial charge in [-0.05, 0) is 129 Å². The summed E-state index contributed by atoms with van der Waals surface area (Å²) in [6.45, 7) is 3.47. The highest BCUT2D eigenvalue weighted by Crippen LogP contribution is 2.23. The molecule has 0 unspecified atom stereocenters. The fourth-order valence-electron chi connectivity index (χ4n) is 3.27. The second kappa shape index (κ2) is 12.7. The molecule has 0 radical (unpaired) electrons. The summed E-state index contributed by atoms with van der Waals surface area (Å²) in [7, 11) is 0. The molecule has 2 heterocycles. The number of halogens is 6. The standard InChI is InChI=1S/2C14H10BrF2N/c2*1-9(4-10-5-11(15)8-18-7-10)13-6-12(16)2-3-14(13)17/h2*2-8H,1H3/b9-4+;9-4-. The molecule has 2 aromatic heterocycles. The molecule has 0 aliphatic heterocycles. The molecule has 0 saturated heterocycles. The molecule has 8 heteroatoms. The topological polar surface area (TPSA) is 25.8 Å². The van der Waals surface area contributed by atoms with E-state index in [1.165, 1.54) is 12.1 Å². The van der Waals surface area contributed by atoms with Gasteiger partial charge in [0.1, 0.15) is 23.3 Å². The lowest BCUT2D eigenvalue weighted by Gasteiger charge is -2.04. The number of benzene rings is 2. The molecule has 184 valence electrons. The van der Waals surface area contributed by atoms with Gasteiger partial charge in [-0.1, -0.05) is 0 Å². The molecule has 4 rings (SSSR count). The van der Waals surface area contributed by atoms with E-state index in [0.717, 1.165) is 44.3 Å². The molecule has 36 heavy (non-hydrogen) atoms. The van der Waals surface area contributed by atoms with Crippen LogP contribution in [0.3, 0.4) is 0 Å². The molecule has 2 nitrogen and oxygen atoms in total. The average molecular weight is 620 g/mol. The van der Waals surface area contributed by atoms with Crippen LogP contribution in [0.25, 0.3) is 23.3 Å². The first-order chi connectivity index (χ1) is 17.1. The summed E-state index contributed by atoms with van der Waals surface area (Å²) in [6.07, 6.45) is 10.2. The zero-order valence-electron chi connectivity index (χ0n) is 19.2. The zero-order chi connectivity index (χ0) is 26.2. The van der Waals surface area contributed by atoms with Crippen molar-refractivity contribution in [3.63, 3.8) is 0 Å². The minimum absolute atomic E-state index is 0.259. The Balaban J connectivity index is 0.000000201. The normalized spacial score (nSPS) is 11.7. The first-order valence-electron chi connectivity index (χ1n) is 10.6. The van der Waals surface area contributed by atoms with E-state index in [0.29, 0.717) is 11.1 Å². The summed E-state index contributed by atoms with van der Waals surface area (Å²) >= 11 is 6.62. The Labute approximate surface area is 223 Å². The van der Waals surface area contributed by atoms with Crippen LogP contribution in [-0.2, 0) is 0 Å². The van der Waals surface area contributed by atoms with Crippen molar-refractivity contribution >= 4 is 55.2 Å². The minimum atomic E-state index is -0.452. The van der Waals surface area contributed by atoms with Crippen molar-refractivity contribution < 1.29 is 17.6 Å². The third kappa shape index (κ3) is 7.96. The van der Waals surface area contributed by atoms with Crippen molar-refractivity contribution in [1.29, 1.82) is 0 Å². The fraction of sp³-hybridized carbons (Fsp3) is 0.0714. The van der Waals surface area contributed by atoms with Crippen LogP contribution in [0.15, 0.2) is 82.3 Å². The monoisotopic (exact) mass is 618 g/mol. The highest BCUT2D eigenvalue weighted by Gasteiger charge is 2.07. The molecular weight excluding hydrogens is 600 g/mol. The van der Waals surface area contributed by atoms with Gasteiger partial charge in [0.15, 0.2) is 0 Å². The Morgan fingerprint density at radius 1 is 0.611 bits per heavy atom. The van der Waals surface area contributed by atoms with Gasteiger partial charge in [0, 0.05) is 44.9 Å². The van der Waals surface area contributed by atoms with Gasteiger partial charge in [-0.15, -0.1) is 0 Å². The summed E-state index contributed by atoms with van der Waals surface area (Å²) in [5.74, 6) is -1.78. The van der Waals surface area contributed by atoms with Gasteiger partial charge in [0.05, 0.1) is 0 Å². The van der Waals surface area contributed by atoms with Crippen LogP contribution in [0.5, 0.6) is 0 Å². The number of rotatable bonds is 4. The number of nitrogens with zero attached hydrogens (tertiary/aromatic N) is 2. The largest absolute Gasteiger partial charge is 0.263 e. The lowest BCUT2D eigenvalue weighted by Crippen LogP contribution is -1.89. The summed E-state index contributed by atoms with van der Waals surface area (Å²) in [4.78, 5) is 8.02. The summed E-state index contributed by atoms with van der Waals surface area (Å²) in [5.41, 5.74) is 3.46. The predicted molar refractivity (Wildman–Crippen MR) is 144 cm³/mol. The van der Waals surface area contributed by atoms with Gasteiger partial charge in [0.25, 0.3) is 0 Å². The zero-order valence-corrected chi connectivity index (χ0v) is 22.4. The molecule has 0 N–H and O–H groups in total. The molecule has 0 bridgehead atoms. The number of hydrogen-bond donors (Lipinski definition) is 0. The fourth-order valence-corrected chi connectivity index (χ4v) is 4.03. The molecular formula is C28H20Br2F4N2. The quantitative estimate of drug-likeness (QED) is 0.213. The highest BCUT2D eigenvalue weighted by atomic mass is 79.9. The van der Waals surface area contributed by atoms with Gasteiger partial charge in [-0.2, -0.15) is 0 Å². The van der Waals surface area contributed by atoms with E-state index in [-0.39, 0.29) is 11.1 Å². The van der Waals surface area contributed by atoms with E-state index in [4.69, 9.17) is 0 Å². The molecule has 0 amide bonds. The van der Waals surface area contributed by atoms with Gasteiger partial charge < -0.3 is 0 Å². The lowest BCUT2D eigenvalue weighted by atomic mass is 10.0. The molecule has 4 aromatic rings. The number of pyridine rings is 2. The molecule has 0 aliphatic carbocycles. The Morgan fingerprint density at radius 3 is 1.36 bits per heavy atom. The van der Waals surface area contributed by atoms with Crippen molar-refractivity contribution in [2.24, 2.45) is 0 Å². The Morgan fingerprint density at radius 2 is 1.00 bits per heavy atom. The third-order valence-electron chi connectivity index (χ3n) is 4.92. The molecule has 2 aromatic carbocycles. The Bertz CT molecular complexity index is 1330. The van der Waals surface area contributed by atoms with Gasteiger partial charge >= 0.3 is 0 Å². The first kappa shape index (κ1) is 27.5. The highest BCUT2D eigenvalue weighted by molar-refractivity contribution is 9.10. The van der Waals surface area contributed by atoms with Gasteiger partial charge in [0.2, 0.25) is 0 Å². The third-order valence-corrected chi connectivity index (χ3v) is 5.79. The maximum atomic E-state index is 13.6. The van der Waals surface area contributed by atoms with E-state index in [9.17, 15) is 17.6 Å². The summed E-state index contributed by atoms with van der Waals surface area (Å²) in [6, 6.07) is 10.5. The van der Waals surface area contributed by atoms with E-state index >= 15 is 0 Å². The van der Waals surface area contributed by atoms with E-state index in [1.54, 1.807) is 50.8 Å². The average Bonchev–Trinajstić information content (AvgIpc) is 2.82. The van der Waals surface area contributed by atoms with Gasteiger partial charge in [-0.25, -0.2) is 17.6 Å². The lowest BCUT2D eigenvalue weighted by molar-refractivity contribution is 0.597. The van der Waals surface area contributed by atoms with Crippen molar-refractivity contribution in [1.82, 2.24) is 9.97 Å². The van der Waals surface area contributed by atoms with Crippen molar-refractivity contribution in [3.05, 3.63) is 128 Å². The first-order valence-corrected chi connectivity index (χ1v) is 12.2. The van der Waals surface area contributed by atoms with Crippen molar-refractivity contribution in [3.8, 4) is 0 Å². The molecule has 0 fully saturated rings. The number of aromatic nitrogens is 2. The minimum Gasteiger partial charge on any atom is -0.263 e. The van der Waals surface area contributed by atoms with Crippen LogP contribution < -0.4 is 0 Å². The predicted octanol–water partition coefficient (Wildman–Crippen LogP) is 9.37.